The zero-order chi connectivity index (χ0) is 12.3. The molecule has 0 bridgehead atoms. The van der Waals surface area contributed by atoms with Crippen molar-refractivity contribution in [3.05, 3.63) is 34.9 Å². The van der Waals surface area contributed by atoms with Crippen LogP contribution in [0.3, 0.4) is 0 Å². The third kappa shape index (κ3) is 1.23. The summed E-state index contributed by atoms with van der Waals surface area (Å²) in [7, 11) is 0. The first-order chi connectivity index (χ1) is 7.97. The summed E-state index contributed by atoms with van der Waals surface area (Å²) in [4.78, 5) is 12.4. The monoisotopic (exact) mass is 228 g/mol. The van der Waals surface area contributed by atoms with Gasteiger partial charge in [-0.15, -0.1) is 0 Å². The fraction of sp³-hybridized carbons (Fsp3) is 0.562. The molecule has 0 saturated heterocycles. The summed E-state index contributed by atoms with van der Waals surface area (Å²) in [6, 6.07) is 6.64. The minimum Gasteiger partial charge on any atom is -0.299 e. The molecule has 0 radical (unpaired) electrons. The van der Waals surface area contributed by atoms with E-state index in [1.54, 1.807) is 0 Å². The first-order valence-electron chi connectivity index (χ1n) is 6.61. The van der Waals surface area contributed by atoms with E-state index < -0.39 is 0 Å². The van der Waals surface area contributed by atoms with Gasteiger partial charge in [-0.1, -0.05) is 30.7 Å². The Labute approximate surface area is 103 Å². The van der Waals surface area contributed by atoms with Crippen molar-refractivity contribution in [2.75, 3.05) is 0 Å². The summed E-state index contributed by atoms with van der Waals surface area (Å²) in [5.74, 6) is 0.451. The molecule has 0 amide bonds. The van der Waals surface area contributed by atoms with Gasteiger partial charge in [0.1, 0.15) is 5.78 Å². The predicted octanol–water partition coefficient (Wildman–Crippen LogP) is 3.57. The number of aryl methyl sites for hydroxylation is 2. The zero-order valence-corrected chi connectivity index (χ0v) is 11.0. The van der Waals surface area contributed by atoms with Crippen LogP contribution in [0.1, 0.15) is 49.8 Å². The Morgan fingerprint density at radius 1 is 1.12 bits per heavy atom. The van der Waals surface area contributed by atoms with Gasteiger partial charge >= 0.3 is 0 Å². The van der Waals surface area contributed by atoms with Gasteiger partial charge in [0, 0.05) is 6.42 Å². The van der Waals surface area contributed by atoms with Gasteiger partial charge in [-0.05, 0) is 49.7 Å². The number of benzene rings is 1. The maximum Gasteiger partial charge on any atom is 0.143 e. The number of hydrogen-bond donors (Lipinski definition) is 0. The van der Waals surface area contributed by atoms with Crippen LogP contribution in [-0.4, -0.2) is 5.78 Å². The lowest BCUT2D eigenvalue weighted by atomic mass is 9.57. The number of Topliss-reactive ketones (excluding diaryl/α,β-unsaturated/α-hetero) is 1. The summed E-state index contributed by atoms with van der Waals surface area (Å²) in [6.07, 6.45) is 4.12. The highest BCUT2D eigenvalue weighted by atomic mass is 16.1. The van der Waals surface area contributed by atoms with Crippen LogP contribution in [0.5, 0.6) is 0 Å². The average Bonchev–Trinajstić information content (AvgIpc) is 2.54. The SMILES string of the molecule is Cc1ccc2c(c1)[C@@]1(C)C(=O)CC[C@]1(C)CC2. The molecule has 0 spiro atoms. The smallest absolute Gasteiger partial charge is 0.143 e. The molecule has 0 N–H and O–H groups in total. The van der Waals surface area contributed by atoms with E-state index in [0.29, 0.717) is 5.78 Å². The summed E-state index contributed by atoms with van der Waals surface area (Å²) in [6.45, 7) is 6.61. The van der Waals surface area contributed by atoms with Crippen LogP contribution in [0.25, 0.3) is 0 Å². The van der Waals surface area contributed by atoms with E-state index in [9.17, 15) is 4.79 Å². The molecule has 0 heterocycles. The van der Waals surface area contributed by atoms with Crippen LogP contribution < -0.4 is 0 Å². The highest BCUT2D eigenvalue weighted by Gasteiger charge is 2.57. The number of ketones is 1. The quantitative estimate of drug-likeness (QED) is 0.663. The molecule has 2 aliphatic carbocycles. The van der Waals surface area contributed by atoms with Crippen molar-refractivity contribution in [3.8, 4) is 0 Å². The van der Waals surface area contributed by atoms with E-state index in [1.165, 1.54) is 16.7 Å². The normalized spacial score (nSPS) is 35.6. The third-order valence-electron chi connectivity index (χ3n) is 5.42. The second-order valence-corrected chi connectivity index (χ2v) is 6.27. The van der Waals surface area contributed by atoms with Gasteiger partial charge in [0.15, 0.2) is 0 Å². The maximum absolute atomic E-state index is 12.4. The van der Waals surface area contributed by atoms with Crippen LogP contribution >= 0.6 is 0 Å². The fourth-order valence-electron chi connectivity index (χ4n) is 3.86. The van der Waals surface area contributed by atoms with E-state index in [-0.39, 0.29) is 10.8 Å². The molecule has 3 rings (SSSR count). The zero-order valence-electron chi connectivity index (χ0n) is 11.0. The first-order valence-corrected chi connectivity index (χ1v) is 6.61. The Hall–Kier alpha value is -1.11. The van der Waals surface area contributed by atoms with Crippen LogP contribution in [-0.2, 0) is 16.6 Å². The van der Waals surface area contributed by atoms with Crippen LogP contribution in [0, 0.1) is 12.3 Å². The second-order valence-electron chi connectivity index (χ2n) is 6.27. The lowest BCUT2D eigenvalue weighted by Crippen LogP contribution is -2.45. The largest absolute Gasteiger partial charge is 0.299 e. The van der Waals surface area contributed by atoms with Gasteiger partial charge in [-0.25, -0.2) is 0 Å². The van der Waals surface area contributed by atoms with Crippen molar-refractivity contribution in [1.82, 2.24) is 0 Å². The molecule has 1 nitrogen and oxygen atoms in total. The summed E-state index contributed by atoms with van der Waals surface area (Å²) in [5, 5.41) is 0. The molecule has 0 aromatic heterocycles. The molecule has 1 aromatic carbocycles. The number of fused-ring (bicyclic) bond motifs is 3. The van der Waals surface area contributed by atoms with Gasteiger partial charge in [-0.2, -0.15) is 0 Å². The summed E-state index contributed by atoms with van der Waals surface area (Å²) in [5.41, 5.74) is 3.94. The van der Waals surface area contributed by atoms with Gasteiger partial charge in [-0.3, -0.25) is 4.79 Å². The Balaban J connectivity index is 2.27. The third-order valence-corrected chi connectivity index (χ3v) is 5.42. The van der Waals surface area contributed by atoms with Crippen molar-refractivity contribution < 1.29 is 4.79 Å². The van der Waals surface area contributed by atoms with Crippen molar-refractivity contribution in [2.24, 2.45) is 5.41 Å². The number of rotatable bonds is 0. The minimum absolute atomic E-state index is 0.185. The molecular formula is C16H20O. The Morgan fingerprint density at radius 3 is 2.59 bits per heavy atom. The van der Waals surface area contributed by atoms with Crippen molar-refractivity contribution in [3.63, 3.8) is 0 Å². The molecular weight excluding hydrogens is 208 g/mol. The maximum atomic E-state index is 12.4. The molecule has 90 valence electrons. The topological polar surface area (TPSA) is 17.1 Å². The summed E-state index contributed by atoms with van der Waals surface area (Å²) >= 11 is 0. The van der Waals surface area contributed by atoms with Gasteiger partial charge < -0.3 is 0 Å². The lowest BCUT2D eigenvalue weighted by molar-refractivity contribution is -0.124. The van der Waals surface area contributed by atoms with Gasteiger partial charge in [0.25, 0.3) is 0 Å². The van der Waals surface area contributed by atoms with E-state index in [0.717, 1.165) is 25.7 Å². The average molecular weight is 228 g/mol. The van der Waals surface area contributed by atoms with Crippen LogP contribution in [0.2, 0.25) is 0 Å². The fourth-order valence-corrected chi connectivity index (χ4v) is 3.86. The van der Waals surface area contributed by atoms with Crippen molar-refractivity contribution in [2.45, 2.75) is 51.9 Å². The Kier molecular flexibility index (Phi) is 2.08. The molecule has 17 heavy (non-hydrogen) atoms. The molecule has 1 saturated carbocycles. The van der Waals surface area contributed by atoms with Gasteiger partial charge in [0.05, 0.1) is 5.41 Å². The minimum atomic E-state index is -0.230. The highest BCUT2D eigenvalue weighted by Crippen LogP contribution is 2.57. The molecule has 0 unspecified atom stereocenters. The van der Waals surface area contributed by atoms with Gasteiger partial charge in [0.2, 0.25) is 0 Å². The van der Waals surface area contributed by atoms with E-state index in [4.69, 9.17) is 0 Å². The molecule has 1 heteroatoms. The van der Waals surface area contributed by atoms with Crippen LogP contribution in [0.15, 0.2) is 18.2 Å². The highest BCUT2D eigenvalue weighted by molar-refractivity contribution is 5.94. The number of carbonyl (C=O) groups excluding carboxylic acids is 1. The number of hydrogen-bond acceptors (Lipinski definition) is 1. The van der Waals surface area contributed by atoms with Crippen molar-refractivity contribution in [1.29, 1.82) is 0 Å². The molecule has 2 aliphatic rings. The lowest BCUT2D eigenvalue weighted by Gasteiger charge is -2.45. The standard InChI is InChI=1S/C16H20O/c1-11-4-5-12-6-8-15(2)9-7-14(17)16(15,3)13(12)10-11/h4-5,10H,6-9H2,1-3H3/t15-,16-/m0/s1. The Morgan fingerprint density at radius 2 is 1.82 bits per heavy atom. The molecule has 1 fully saturated rings. The summed E-state index contributed by atoms with van der Waals surface area (Å²) < 4.78 is 0. The first kappa shape index (κ1) is 11.0. The predicted molar refractivity (Wildman–Crippen MR) is 69.2 cm³/mol. The van der Waals surface area contributed by atoms with Crippen molar-refractivity contribution >= 4 is 5.78 Å². The molecule has 2 atom stereocenters. The Bertz CT molecular complexity index is 502. The molecule has 1 aromatic rings. The van der Waals surface area contributed by atoms with E-state index in [1.807, 2.05) is 0 Å². The van der Waals surface area contributed by atoms with Crippen LogP contribution in [0.4, 0.5) is 0 Å². The number of carbonyl (C=O) groups is 1. The second kappa shape index (κ2) is 3.22. The van der Waals surface area contributed by atoms with E-state index in [2.05, 4.69) is 39.0 Å². The molecule has 0 aliphatic heterocycles. The van der Waals surface area contributed by atoms with E-state index >= 15 is 0 Å².